The smallest absolute Gasteiger partial charge is 0.164 e. The van der Waals surface area contributed by atoms with Crippen molar-refractivity contribution in [1.82, 2.24) is 19.5 Å². The van der Waals surface area contributed by atoms with Gasteiger partial charge in [-0.05, 0) is 0 Å². The summed E-state index contributed by atoms with van der Waals surface area (Å²) in [5.41, 5.74) is 1.24. The second kappa shape index (κ2) is 3.60. The molecule has 0 aliphatic rings. The summed E-state index contributed by atoms with van der Waals surface area (Å²) >= 11 is 5.81. The molecule has 0 aromatic carbocycles. The number of aromatic nitrogens is 4. The molecule has 0 spiro atoms. The molecule has 0 unspecified atom stereocenters. The standard InChI is InChI=1S/C8H6ClN5/c9-7-6-8(12-4-11-7)14(5-13-6)3-1-2-10/h4-5H,1,3H2. The van der Waals surface area contributed by atoms with Crippen molar-refractivity contribution in [2.24, 2.45) is 0 Å². The maximum absolute atomic E-state index is 8.45. The van der Waals surface area contributed by atoms with Crippen LogP contribution in [-0.4, -0.2) is 19.5 Å². The lowest BCUT2D eigenvalue weighted by atomic mass is 10.4. The van der Waals surface area contributed by atoms with Crippen LogP contribution in [0.4, 0.5) is 0 Å². The van der Waals surface area contributed by atoms with Gasteiger partial charge >= 0.3 is 0 Å². The molecule has 2 aromatic heterocycles. The fraction of sp³-hybridized carbons (Fsp3) is 0.250. The zero-order valence-corrected chi connectivity index (χ0v) is 7.94. The minimum absolute atomic E-state index is 0.339. The van der Waals surface area contributed by atoms with Gasteiger partial charge in [0.1, 0.15) is 11.8 Å². The summed E-state index contributed by atoms with van der Waals surface area (Å²) < 4.78 is 1.78. The Morgan fingerprint density at radius 3 is 3.07 bits per heavy atom. The van der Waals surface area contributed by atoms with Gasteiger partial charge in [0.25, 0.3) is 0 Å². The van der Waals surface area contributed by atoms with Gasteiger partial charge in [-0.25, -0.2) is 15.0 Å². The SMILES string of the molecule is N#CCCn1cnc2c(Cl)ncnc21. The van der Waals surface area contributed by atoms with E-state index in [-0.39, 0.29) is 0 Å². The van der Waals surface area contributed by atoms with Crippen molar-refractivity contribution < 1.29 is 0 Å². The molecule has 0 bridgehead atoms. The summed E-state index contributed by atoms with van der Waals surface area (Å²) in [6, 6.07) is 2.06. The molecule has 0 aliphatic heterocycles. The summed E-state index contributed by atoms with van der Waals surface area (Å²) in [4.78, 5) is 11.9. The fourth-order valence-electron chi connectivity index (χ4n) is 1.19. The molecule has 0 N–H and O–H groups in total. The number of aryl methyl sites for hydroxylation is 1. The minimum Gasteiger partial charge on any atom is -0.314 e. The highest BCUT2D eigenvalue weighted by Crippen LogP contribution is 2.16. The lowest BCUT2D eigenvalue weighted by Crippen LogP contribution is -1.96. The number of halogens is 1. The van der Waals surface area contributed by atoms with Crippen LogP contribution in [0.5, 0.6) is 0 Å². The number of rotatable bonds is 2. The lowest BCUT2D eigenvalue weighted by molar-refractivity contribution is 0.729. The van der Waals surface area contributed by atoms with E-state index in [4.69, 9.17) is 16.9 Å². The van der Waals surface area contributed by atoms with Crippen LogP contribution in [0.25, 0.3) is 11.2 Å². The molecule has 5 nitrogen and oxygen atoms in total. The van der Waals surface area contributed by atoms with Crippen molar-refractivity contribution in [1.29, 1.82) is 5.26 Å². The lowest BCUT2D eigenvalue weighted by Gasteiger charge is -1.97. The van der Waals surface area contributed by atoms with Gasteiger partial charge in [-0.1, -0.05) is 11.6 Å². The number of nitriles is 1. The van der Waals surface area contributed by atoms with Crippen LogP contribution < -0.4 is 0 Å². The maximum atomic E-state index is 8.45. The van der Waals surface area contributed by atoms with Gasteiger partial charge in [-0.3, -0.25) is 0 Å². The molecule has 0 fully saturated rings. The van der Waals surface area contributed by atoms with E-state index in [1.54, 1.807) is 10.9 Å². The van der Waals surface area contributed by atoms with E-state index >= 15 is 0 Å². The minimum atomic E-state index is 0.339. The van der Waals surface area contributed by atoms with Crippen molar-refractivity contribution in [3.63, 3.8) is 0 Å². The predicted molar refractivity (Wildman–Crippen MR) is 50.6 cm³/mol. The van der Waals surface area contributed by atoms with Crippen molar-refractivity contribution >= 4 is 22.8 Å². The summed E-state index contributed by atoms with van der Waals surface area (Å²) in [6.07, 6.45) is 3.42. The van der Waals surface area contributed by atoms with E-state index in [1.807, 2.05) is 0 Å². The quantitative estimate of drug-likeness (QED) is 0.698. The Morgan fingerprint density at radius 2 is 2.29 bits per heavy atom. The molecule has 0 aliphatic carbocycles. The van der Waals surface area contributed by atoms with E-state index in [0.29, 0.717) is 29.3 Å². The molecule has 2 aromatic rings. The highest BCUT2D eigenvalue weighted by Gasteiger charge is 2.07. The van der Waals surface area contributed by atoms with Crippen LogP contribution in [0.15, 0.2) is 12.7 Å². The van der Waals surface area contributed by atoms with E-state index in [2.05, 4.69) is 21.0 Å². The normalized spacial score (nSPS) is 10.3. The first-order valence-electron chi connectivity index (χ1n) is 4.01. The summed E-state index contributed by atoms with van der Waals surface area (Å²) in [5, 5.41) is 8.79. The maximum Gasteiger partial charge on any atom is 0.164 e. The summed E-state index contributed by atoms with van der Waals surface area (Å²) in [5.74, 6) is 0. The fourth-order valence-corrected chi connectivity index (χ4v) is 1.36. The Kier molecular flexibility index (Phi) is 2.29. The molecule has 0 amide bonds. The van der Waals surface area contributed by atoms with Crippen LogP contribution >= 0.6 is 11.6 Å². The van der Waals surface area contributed by atoms with Gasteiger partial charge in [0.15, 0.2) is 10.8 Å². The Bertz CT molecular complexity index is 498. The molecule has 14 heavy (non-hydrogen) atoms. The molecule has 0 radical (unpaired) electrons. The van der Waals surface area contributed by atoms with Crippen molar-refractivity contribution in [2.75, 3.05) is 0 Å². The highest BCUT2D eigenvalue weighted by molar-refractivity contribution is 6.33. The predicted octanol–water partition coefficient (Wildman–Crippen LogP) is 1.39. The zero-order chi connectivity index (χ0) is 9.97. The Hall–Kier alpha value is -1.67. The molecule has 6 heteroatoms. The number of hydrogen-bond acceptors (Lipinski definition) is 4. The topological polar surface area (TPSA) is 67.4 Å². The average molecular weight is 208 g/mol. The second-order valence-electron chi connectivity index (χ2n) is 2.68. The second-order valence-corrected chi connectivity index (χ2v) is 3.04. The van der Waals surface area contributed by atoms with Gasteiger partial charge < -0.3 is 4.57 Å². The first kappa shape index (κ1) is 8.91. The Morgan fingerprint density at radius 1 is 1.43 bits per heavy atom. The number of fused-ring (bicyclic) bond motifs is 1. The van der Waals surface area contributed by atoms with E-state index < -0.39 is 0 Å². The Labute approximate surface area is 85.0 Å². The first-order chi connectivity index (χ1) is 6.83. The summed E-state index contributed by atoms with van der Waals surface area (Å²) in [6.45, 7) is 0.570. The van der Waals surface area contributed by atoms with Gasteiger partial charge in [-0.2, -0.15) is 5.26 Å². The third kappa shape index (κ3) is 1.40. The summed E-state index contributed by atoms with van der Waals surface area (Å²) in [7, 11) is 0. The van der Waals surface area contributed by atoms with Crippen LogP contribution in [0.3, 0.4) is 0 Å². The van der Waals surface area contributed by atoms with Gasteiger partial charge in [-0.15, -0.1) is 0 Å². The Balaban J connectivity index is 2.48. The average Bonchev–Trinajstić information content (AvgIpc) is 2.60. The van der Waals surface area contributed by atoms with Crippen molar-refractivity contribution in [3.05, 3.63) is 17.8 Å². The van der Waals surface area contributed by atoms with Crippen LogP contribution in [0, 0.1) is 11.3 Å². The van der Waals surface area contributed by atoms with Crippen LogP contribution in [-0.2, 0) is 6.54 Å². The van der Waals surface area contributed by atoms with Crippen molar-refractivity contribution in [2.45, 2.75) is 13.0 Å². The van der Waals surface area contributed by atoms with E-state index in [1.165, 1.54) is 6.33 Å². The third-order valence-electron chi connectivity index (χ3n) is 1.82. The number of nitrogens with zero attached hydrogens (tertiary/aromatic N) is 5. The van der Waals surface area contributed by atoms with E-state index in [9.17, 15) is 0 Å². The van der Waals surface area contributed by atoms with Crippen LogP contribution in [0.2, 0.25) is 5.15 Å². The number of hydrogen-bond donors (Lipinski definition) is 0. The largest absolute Gasteiger partial charge is 0.314 e. The van der Waals surface area contributed by atoms with E-state index in [0.717, 1.165) is 0 Å². The first-order valence-corrected chi connectivity index (χ1v) is 4.39. The molecule has 2 heterocycles. The van der Waals surface area contributed by atoms with Gasteiger partial charge in [0, 0.05) is 6.54 Å². The highest BCUT2D eigenvalue weighted by atomic mass is 35.5. The van der Waals surface area contributed by atoms with Gasteiger partial charge in [0.05, 0.1) is 18.8 Å². The monoisotopic (exact) mass is 207 g/mol. The van der Waals surface area contributed by atoms with Crippen LogP contribution in [0.1, 0.15) is 6.42 Å². The molecule has 2 rings (SSSR count). The molecular weight excluding hydrogens is 202 g/mol. The molecule has 0 atom stereocenters. The third-order valence-corrected chi connectivity index (χ3v) is 2.10. The van der Waals surface area contributed by atoms with Crippen molar-refractivity contribution in [3.8, 4) is 6.07 Å². The molecule has 0 saturated heterocycles. The zero-order valence-electron chi connectivity index (χ0n) is 7.18. The molecule has 70 valence electrons. The molecule has 0 saturated carbocycles. The number of imidazole rings is 1. The molecular formula is C8H6ClN5. The van der Waals surface area contributed by atoms with Gasteiger partial charge in [0.2, 0.25) is 0 Å².